The number of carbonyl (C=O) groups is 1. The summed E-state index contributed by atoms with van der Waals surface area (Å²) in [6.45, 7) is 1.59. The average Bonchev–Trinajstić information content (AvgIpc) is 1.97. The van der Waals surface area contributed by atoms with Crippen LogP contribution in [-0.2, 0) is 4.79 Å². The summed E-state index contributed by atoms with van der Waals surface area (Å²) >= 11 is 0. The highest BCUT2D eigenvalue weighted by Gasteiger charge is 2.07. The fraction of sp³-hybridized carbons (Fsp3) is 0.625. The number of ketones is 1. The van der Waals surface area contributed by atoms with E-state index in [1.54, 1.807) is 14.0 Å². The first kappa shape index (κ1) is 10.2. The maximum Gasteiger partial charge on any atom is 0.146 e. The Bertz CT molecular complexity index is 143. The number of nitrogens with one attached hydrogen (secondary N) is 2. The van der Waals surface area contributed by atoms with E-state index in [4.69, 9.17) is 0 Å². The topological polar surface area (TPSA) is 41.1 Å². The quantitative estimate of drug-likeness (QED) is 0.601. The minimum absolute atomic E-state index is 0.0420. The minimum Gasteiger partial charge on any atom is -0.394 e. The second-order valence-corrected chi connectivity index (χ2v) is 2.38. The van der Waals surface area contributed by atoms with Crippen LogP contribution in [0.1, 0.15) is 13.3 Å². The van der Waals surface area contributed by atoms with Crippen molar-refractivity contribution < 1.29 is 4.79 Å². The van der Waals surface area contributed by atoms with Crippen molar-refractivity contribution in [1.82, 2.24) is 10.6 Å². The molecule has 0 saturated carbocycles. The molecular formula is C8H16N2O. The summed E-state index contributed by atoms with van der Waals surface area (Å²) in [4.78, 5) is 10.9. The van der Waals surface area contributed by atoms with E-state index in [0.29, 0.717) is 0 Å². The minimum atomic E-state index is -0.0420. The number of likely N-dealkylation sites (N-methyl/N-ethyl adjacent to an activating group) is 1. The van der Waals surface area contributed by atoms with Gasteiger partial charge in [-0.3, -0.25) is 4.79 Å². The van der Waals surface area contributed by atoms with Gasteiger partial charge in [-0.2, -0.15) is 0 Å². The molecule has 0 bridgehead atoms. The molecule has 1 atom stereocenters. The molecule has 3 nitrogen and oxygen atoms in total. The Balaban J connectivity index is 3.69. The SMILES string of the molecule is CN/C=C/C[C@H](NC)C(C)=O. The van der Waals surface area contributed by atoms with Gasteiger partial charge in [-0.25, -0.2) is 0 Å². The molecule has 0 fully saturated rings. The first-order valence-corrected chi connectivity index (χ1v) is 3.72. The highest BCUT2D eigenvalue weighted by atomic mass is 16.1. The Labute approximate surface area is 67.9 Å². The van der Waals surface area contributed by atoms with Gasteiger partial charge in [0, 0.05) is 7.05 Å². The first-order valence-electron chi connectivity index (χ1n) is 3.72. The van der Waals surface area contributed by atoms with Crippen LogP contribution >= 0.6 is 0 Å². The predicted octanol–water partition coefficient (Wildman–Crippen LogP) is 0.287. The van der Waals surface area contributed by atoms with Gasteiger partial charge in [0.15, 0.2) is 0 Å². The highest BCUT2D eigenvalue weighted by molar-refractivity contribution is 5.81. The lowest BCUT2D eigenvalue weighted by molar-refractivity contribution is -0.118. The van der Waals surface area contributed by atoms with Crippen molar-refractivity contribution >= 4 is 5.78 Å². The lowest BCUT2D eigenvalue weighted by Gasteiger charge is -2.08. The monoisotopic (exact) mass is 156 g/mol. The zero-order valence-corrected chi connectivity index (χ0v) is 7.35. The lowest BCUT2D eigenvalue weighted by atomic mass is 10.1. The number of carbonyl (C=O) groups excluding carboxylic acids is 1. The maximum atomic E-state index is 10.9. The molecule has 0 saturated heterocycles. The molecular weight excluding hydrogens is 140 g/mol. The summed E-state index contributed by atoms with van der Waals surface area (Å²) < 4.78 is 0. The molecule has 0 rings (SSSR count). The van der Waals surface area contributed by atoms with Gasteiger partial charge in [0.25, 0.3) is 0 Å². The average molecular weight is 156 g/mol. The smallest absolute Gasteiger partial charge is 0.146 e. The van der Waals surface area contributed by atoms with Crippen LogP contribution in [0.25, 0.3) is 0 Å². The third-order valence-electron chi connectivity index (χ3n) is 1.50. The molecule has 3 heteroatoms. The van der Waals surface area contributed by atoms with E-state index in [2.05, 4.69) is 10.6 Å². The molecule has 0 aliphatic carbocycles. The largest absolute Gasteiger partial charge is 0.394 e. The number of rotatable bonds is 5. The van der Waals surface area contributed by atoms with E-state index < -0.39 is 0 Å². The summed E-state index contributed by atoms with van der Waals surface area (Å²) in [6, 6.07) is -0.0420. The summed E-state index contributed by atoms with van der Waals surface area (Å²) in [5.74, 6) is 0.174. The molecule has 11 heavy (non-hydrogen) atoms. The summed E-state index contributed by atoms with van der Waals surface area (Å²) in [6.07, 6.45) is 4.50. The third-order valence-corrected chi connectivity index (χ3v) is 1.50. The molecule has 0 aromatic rings. The van der Waals surface area contributed by atoms with Gasteiger partial charge in [0.1, 0.15) is 5.78 Å². The third kappa shape index (κ3) is 4.56. The van der Waals surface area contributed by atoms with Crippen molar-refractivity contribution in [2.75, 3.05) is 14.1 Å². The second kappa shape index (κ2) is 5.92. The van der Waals surface area contributed by atoms with Gasteiger partial charge in [0.2, 0.25) is 0 Å². The Kier molecular flexibility index (Phi) is 5.47. The standard InChI is InChI=1S/C8H16N2O/c1-7(11)8(10-3)5-4-6-9-2/h4,6,8-10H,5H2,1-3H3/b6-4+/t8-/m0/s1. The second-order valence-electron chi connectivity index (χ2n) is 2.38. The van der Waals surface area contributed by atoms with Crippen molar-refractivity contribution in [3.8, 4) is 0 Å². The van der Waals surface area contributed by atoms with Gasteiger partial charge in [-0.15, -0.1) is 0 Å². The molecule has 0 spiro atoms. The van der Waals surface area contributed by atoms with E-state index in [9.17, 15) is 4.79 Å². The van der Waals surface area contributed by atoms with Crippen LogP contribution in [-0.4, -0.2) is 25.9 Å². The van der Waals surface area contributed by atoms with E-state index >= 15 is 0 Å². The molecule has 64 valence electrons. The van der Waals surface area contributed by atoms with Crippen LogP contribution < -0.4 is 10.6 Å². The van der Waals surface area contributed by atoms with Crippen molar-refractivity contribution in [3.63, 3.8) is 0 Å². The lowest BCUT2D eigenvalue weighted by Crippen LogP contribution is -2.31. The molecule has 0 radical (unpaired) electrons. The maximum absolute atomic E-state index is 10.9. The number of hydrogen-bond acceptors (Lipinski definition) is 3. The summed E-state index contributed by atoms with van der Waals surface area (Å²) in [5.41, 5.74) is 0. The van der Waals surface area contributed by atoms with Crippen molar-refractivity contribution in [2.24, 2.45) is 0 Å². The Morgan fingerprint density at radius 2 is 2.18 bits per heavy atom. The Hall–Kier alpha value is -0.830. The molecule has 0 heterocycles. The molecule has 0 unspecified atom stereocenters. The van der Waals surface area contributed by atoms with Crippen LogP contribution in [0.4, 0.5) is 0 Å². The Morgan fingerprint density at radius 3 is 2.55 bits per heavy atom. The normalized spacial score (nSPS) is 13.4. The Morgan fingerprint density at radius 1 is 1.55 bits per heavy atom. The first-order chi connectivity index (χ1) is 5.22. The molecule has 0 aromatic heterocycles. The van der Waals surface area contributed by atoms with Gasteiger partial charge in [-0.1, -0.05) is 6.08 Å². The number of Topliss-reactive ketones (excluding diaryl/α,β-unsaturated/α-hetero) is 1. The van der Waals surface area contributed by atoms with E-state index in [1.807, 2.05) is 19.3 Å². The summed E-state index contributed by atoms with van der Waals surface area (Å²) in [5, 5.41) is 5.80. The van der Waals surface area contributed by atoms with Gasteiger partial charge in [-0.05, 0) is 26.6 Å². The molecule has 0 aliphatic rings. The molecule has 0 amide bonds. The zero-order valence-electron chi connectivity index (χ0n) is 7.35. The van der Waals surface area contributed by atoms with Gasteiger partial charge in [0.05, 0.1) is 6.04 Å². The van der Waals surface area contributed by atoms with Crippen LogP contribution in [0, 0.1) is 0 Å². The van der Waals surface area contributed by atoms with Crippen LogP contribution in [0.2, 0.25) is 0 Å². The predicted molar refractivity (Wildman–Crippen MR) is 46.3 cm³/mol. The molecule has 2 N–H and O–H groups in total. The highest BCUT2D eigenvalue weighted by Crippen LogP contribution is 1.93. The van der Waals surface area contributed by atoms with Crippen molar-refractivity contribution in [1.29, 1.82) is 0 Å². The van der Waals surface area contributed by atoms with Crippen LogP contribution in [0.5, 0.6) is 0 Å². The summed E-state index contributed by atoms with van der Waals surface area (Å²) in [7, 11) is 3.62. The van der Waals surface area contributed by atoms with Gasteiger partial charge >= 0.3 is 0 Å². The van der Waals surface area contributed by atoms with E-state index in [0.717, 1.165) is 6.42 Å². The van der Waals surface area contributed by atoms with E-state index in [1.165, 1.54) is 0 Å². The van der Waals surface area contributed by atoms with Crippen molar-refractivity contribution in [3.05, 3.63) is 12.3 Å². The molecule has 0 aromatic carbocycles. The fourth-order valence-electron chi connectivity index (χ4n) is 0.809. The van der Waals surface area contributed by atoms with Crippen LogP contribution in [0.15, 0.2) is 12.3 Å². The zero-order chi connectivity index (χ0) is 8.69. The van der Waals surface area contributed by atoms with Gasteiger partial charge < -0.3 is 10.6 Å². The number of hydrogen-bond donors (Lipinski definition) is 2. The van der Waals surface area contributed by atoms with Crippen molar-refractivity contribution in [2.45, 2.75) is 19.4 Å². The fourth-order valence-corrected chi connectivity index (χ4v) is 0.809. The van der Waals surface area contributed by atoms with E-state index in [-0.39, 0.29) is 11.8 Å². The van der Waals surface area contributed by atoms with Crippen LogP contribution in [0.3, 0.4) is 0 Å². The molecule has 0 aliphatic heterocycles.